The van der Waals surface area contributed by atoms with Crippen molar-refractivity contribution < 1.29 is 9.53 Å². The molecule has 1 fully saturated rings. The van der Waals surface area contributed by atoms with Gasteiger partial charge in [-0.15, -0.1) is 0 Å². The molecule has 2 aromatic rings. The molecule has 0 unspecified atom stereocenters. The quantitative estimate of drug-likeness (QED) is 0.855. The maximum absolute atomic E-state index is 11.2. The van der Waals surface area contributed by atoms with Crippen LogP contribution in [-0.2, 0) is 6.54 Å². The van der Waals surface area contributed by atoms with Gasteiger partial charge in [0.05, 0.1) is 0 Å². The van der Waals surface area contributed by atoms with Crippen LogP contribution in [0.4, 0.5) is 5.69 Å². The highest BCUT2D eigenvalue weighted by atomic mass is 16.5. The Hall–Kier alpha value is -2.63. The van der Waals surface area contributed by atoms with Crippen molar-refractivity contribution in [2.24, 2.45) is 5.73 Å². The molecule has 1 saturated carbocycles. The molecule has 3 rings (SSSR count). The van der Waals surface area contributed by atoms with Crippen molar-refractivity contribution in [3.8, 4) is 5.88 Å². The van der Waals surface area contributed by atoms with Crippen LogP contribution < -0.4 is 15.8 Å². The number of hydrogen-bond acceptors (Lipinski definition) is 5. The summed E-state index contributed by atoms with van der Waals surface area (Å²) in [6.45, 7) is 0.554. The minimum absolute atomic E-state index is 0.239. The number of hydrogen-bond donors (Lipinski definition) is 2. The fourth-order valence-electron chi connectivity index (χ4n) is 2.70. The van der Waals surface area contributed by atoms with E-state index < -0.39 is 5.91 Å². The highest BCUT2D eigenvalue weighted by Gasteiger charge is 2.18. The molecule has 2 aromatic heterocycles. The van der Waals surface area contributed by atoms with Crippen molar-refractivity contribution in [3.63, 3.8) is 0 Å². The van der Waals surface area contributed by atoms with Gasteiger partial charge < -0.3 is 15.8 Å². The number of aromatic nitrogens is 2. The fourth-order valence-corrected chi connectivity index (χ4v) is 2.70. The first-order valence-electron chi connectivity index (χ1n) is 7.82. The topological polar surface area (TPSA) is 90.1 Å². The first kappa shape index (κ1) is 15.3. The van der Waals surface area contributed by atoms with E-state index in [1.807, 2.05) is 12.1 Å². The minimum Gasteiger partial charge on any atom is -0.474 e. The lowest BCUT2D eigenvalue weighted by Gasteiger charge is -2.16. The number of nitrogens with two attached hydrogens (primary N) is 1. The number of pyridine rings is 2. The monoisotopic (exact) mass is 312 g/mol. The first-order chi connectivity index (χ1) is 11.2. The average molecular weight is 312 g/mol. The molecular weight excluding hydrogens is 292 g/mol. The zero-order valence-corrected chi connectivity index (χ0v) is 12.9. The van der Waals surface area contributed by atoms with Crippen LogP contribution in [0.15, 0.2) is 36.7 Å². The van der Waals surface area contributed by atoms with Gasteiger partial charge in [-0.2, -0.15) is 0 Å². The van der Waals surface area contributed by atoms with E-state index in [0.717, 1.165) is 24.1 Å². The van der Waals surface area contributed by atoms with Crippen LogP contribution in [0.3, 0.4) is 0 Å². The maximum Gasteiger partial charge on any atom is 0.267 e. The van der Waals surface area contributed by atoms with E-state index in [1.165, 1.54) is 12.8 Å². The lowest BCUT2D eigenvalue weighted by Crippen LogP contribution is -2.15. The van der Waals surface area contributed by atoms with E-state index in [4.69, 9.17) is 10.5 Å². The number of amides is 1. The molecule has 1 aliphatic rings. The molecule has 0 spiro atoms. The second-order valence-corrected chi connectivity index (χ2v) is 5.64. The Kier molecular flexibility index (Phi) is 4.71. The van der Waals surface area contributed by atoms with E-state index in [2.05, 4.69) is 15.3 Å². The van der Waals surface area contributed by atoms with Crippen LogP contribution in [0.1, 0.15) is 41.7 Å². The van der Waals surface area contributed by atoms with Crippen molar-refractivity contribution in [2.75, 3.05) is 5.32 Å². The number of ether oxygens (including phenoxy) is 1. The van der Waals surface area contributed by atoms with Crippen molar-refractivity contribution in [1.29, 1.82) is 0 Å². The smallest absolute Gasteiger partial charge is 0.267 e. The van der Waals surface area contributed by atoms with Gasteiger partial charge in [-0.05, 0) is 43.9 Å². The summed E-state index contributed by atoms with van der Waals surface area (Å²) in [6.07, 6.45) is 8.19. The SMILES string of the molecule is NC(=O)c1cc(NCc2cccnc2OC2CCCC2)ccn1. The Morgan fingerprint density at radius 1 is 1.26 bits per heavy atom. The predicted octanol–water partition coefficient (Wildman–Crippen LogP) is 2.51. The van der Waals surface area contributed by atoms with Crippen molar-refractivity contribution in [2.45, 2.75) is 38.3 Å². The van der Waals surface area contributed by atoms with Crippen molar-refractivity contribution in [3.05, 3.63) is 47.9 Å². The number of rotatable bonds is 6. The zero-order chi connectivity index (χ0) is 16.1. The summed E-state index contributed by atoms with van der Waals surface area (Å²) in [6, 6.07) is 7.30. The van der Waals surface area contributed by atoms with Gasteiger partial charge in [0.2, 0.25) is 5.88 Å². The van der Waals surface area contributed by atoms with Crippen LogP contribution >= 0.6 is 0 Å². The molecule has 2 heterocycles. The minimum atomic E-state index is -0.541. The van der Waals surface area contributed by atoms with Gasteiger partial charge in [0.25, 0.3) is 5.91 Å². The molecule has 0 saturated heterocycles. The highest BCUT2D eigenvalue weighted by Crippen LogP contribution is 2.25. The molecule has 0 atom stereocenters. The lowest BCUT2D eigenvalue weighted by molar-refractivity contribution is 0.0995. The molecule has 6 nitrogen and oxygen atoms in total. The van der Waals surface area contributed by atoms with Gasteiger partial charge >= 0.3 is 0 Å². The normalized spacial score (nSPS) is 14.6. The van der Waals surface area contributed by atoms with Crippen molar-refractivity contribution >= 4 is 11.6 Å². The number of nitrogens with zero attached hydrogens (tertiary/aromatic N) is 2. The number of carbonyl (C=O) groups excluding carboxylic acids is 1. The second-order valence-electron chi connectivity index (χ2n) is 5.64. The van der Waals surface area contributed by atoms with Crippen LogP contribution in [0.5, 0.6) is 5.88 Å². The molecule has 0 aromatic carbocycles. The molecule has 23 heavy (non-hydrogen) atoms. The molecule has 1 amide bonds. The third-order valence-corrected chi connectivity index (χ3v) is 3.93. The Bertz CT molecular complexity index is 684. The van der Waals surface area contributed by atoms with Crippen LogP contribution in [0.2, 0.25) is 0 Å². The second kappa shape index (κ2) is 7.09. The van der Waals surface area contributed by atoms with E-state index in [0.29, 0.717) is 12.4 Å². The van der Waals surface area contributed by atoms with Gasteiger partial charge in [0.15, 0.2) is 0 Å². The molecule has 0 bridgehead atoms. The molecule has 120 valence electrons. The standard InChI is InChI=1S/C17H20N4O2/c18-16(22)15-10-13(7-9-19-15)21-11-12-4-3-8-20-17(12)23-14-5-1-2-6-14/h3-4,7-10,14H,1-2,5-6,11H2,(H2,18,22)(H,19,21). The third kappa shape index (κ3) is 3.97. The Morgan fingerprint density at radius 3 is 2.87 bits per heavy atom. The van der Waals surface area contributed by atoms with E-state index in [1.54, 1.807) is 24.5 Å². The third-order valence-electron chi connectivity index (χ3n) is 3.93. The van der Waals surface area contributed by atoms with Crippen LogP contribution in [0, 0.1) is 0 Å². The lowest BCUT2D eigenvalue weighted by atomic mass is 10.2. The number of anilines is 1. The molecule has 3 N–H and O–H groups in total. The number of nitrogens with one attached hydrogen (secondary N) is 1. The van der Waals surface area contributed by atoms with Crippen LogP contribution in [-0.4, -0.2) is 22.0 Å². The predicted molar refractivity (Wildman–Crippen MR) is 87.2 cm³/mol. The summed E-state index contributed by atoms with van der Waals surface area (Å²) < 4.78 is 6.02. The Morgan fingerprint density at radius 2 is 2.09 bits per heavy atom. The molecule has 0 radical (unpaired) electrons. The van der Waals surface area contributed by atoms with Gasteiger partial charge in [0.1, 0.15) is 11.8 Å². The average Bonchev–Trinajstić information content (AvgIpc) is 3.07. The summed E-state index contributed by atoms with van der Waals surface area (Å²) in [5.74, 6) is 0.136. The fraction of sp³-hybridized carbons (Fsp3) is 0.353. The van der Waals surface area contributed by atoms with Gasteiger partial charge in [-0.3, -0.25) is 9.78 Å². The molecule has 6 heteroatoms. The zero-order valence-electron chi connectivity index (χ0n) is 12.9. The summed E-state index contributed by atoms with van der Waals surface area (Å²) in [5, 5.41) is 3.25. The van der Waals surface area contributed by atoms with E-state index in [-0.39, 0.29) is 11.8 Å². The summed E-state index contributed by atoms with van der Waals surface area (Å²) in [5.41, 5.74) is 7.25. The van der Waals surface area contributed by atoms with Gasteiger partial charge in [-0.25, -0.2) is 4.98 Å². The number of primary amides is 1. The number of carbonyl (C=O) groups is 1. The maximum atomic E-state index is 11.2. The molecule has 1 aliphatic carbocycles. The molecule has 0 aliphatic heterocycles. The highest BCUT2D eigenvalue weighted by molar-refractivity contribution is 5.91. The summed E-state index contributed by atoms with van der Waals surface area (Å²) in [7, 11) is 0. The van der Waals surface area contributed by atoms with Gasteiger partial charge in [0, 0.05) is 30.2 Å². The first-order valence-corrected chi connectivity index (χ1v) is 7.82. The largest absolute Gasteiger partial charge is 0.474 e. The summed E-state index contributed by atoms with van der Waals surface area (Å²) in [4.78, 5) is 19.5. The van der Waals surface area contributed by atoms with E-state index in [9.17, 15) is 4.79 Å². The van der Waals surface area contributed by atoms with Crippen LogP contribution in [0.25, 0.3) is 0 Å². The Labute approximate surface area is 135 Å². The van der Waals surface area contributed by atoms with E-state index >= 15 is 0 Å². The van der Waals surface area contributed by atoms with Gasteiger partial charge in [-0.1, -0.05) is 6.07 Å². The summed E-state index contributed by atoms with van der Waals surface area (Å²) >= 11 is 0. The van der Waals surface area contributed by atoms with Crippen molar-refractivity contribution in [1.82, 2.24) is 9.97 Å². The molecular formula is C17H20N4O2. The Balaban J connectivity index is 1.68.